The van der Waals surface area contributed by atoms with Gasteiger partial charge >= 0.3 is 5.97 Å². The molecule has 1 aromatic heterocycles. The molecule has 1 heterocycles. The summed E-state index contributed by atoms with van der Waals surface area (Å²) in [6.45, 7) is 12.6. The minimum Gasteiger partial charge on any atom is -0.494 e. The van der Waals surface area contributed by atoms with E-state index in [0.717, 1.165) is 24.3 Å². The van der Waals surface area contributed by atoms with Crippen molar-refractivity contribution in [1.29, 1.82) is 0 Å². The molecule has 0 aliphatic rings. The van der Waals surface area contributed by atoms with Gasteiger partial charge in [0.2, 0.25) is 5.76 Å². The number of rotatable bonds is 7. The van der Waals surface area contributed by atoms with E-state index in [-0.39, 0.29) is 10.8 Å². The van der Waals surface area contributed by atoms with Crippen LogP contribution in [0.2, 0.25) is 18.1 Å². The van der Waals surface area contributed by atoms with E-state index < -0.39 is 14.3 Å². The molecule has 0 bridgehead atoms. The van der Waals surface area contributed by atoms with Crippen LogP contribution in [-0.4, -0.2) is 34.6 Å². The van der Waals surface area contributed by atoms with Crippen LogP contribution in [0.1, 0.15) is 48.9 Å². The average molecular weight is 415 g/mol. The first-order valence-corrected chi connectivity index (χ1v) is 12.6. The number of furan rings is 1. The van der Waals surface area contributed by atoms with Gasteiger partial charge in [-0.05, 0) is 42.4 Å². The average Bonchev–Trinajstić information content (AvgIpc) is 3.14. The van der Waals surface area contributed by atoms with Crippen LogP contribution in [0.25, 0.3) is 0 Å². The van der Waals surface area contributed by atoms with Gasteiger partial charge in [-0.15, -0.1) is 0 Å². The summed E-state index contributed by atoms with van der Waals surface area (Å²) < 4.78 is 21.7. The fourth-order valence-electron chi connectivity index (χ4n) is 2.18. The van der Waals surface area contributed by atoms with E-state index in [2.05, 4.69) is 50.4 Å². The van der Waals surface area contributed by atoms with Gasteiger partial charge in [0.15, 0.2) is 8.32 Å². The number of ether oxygens (including phenoxy) is 2. The van der Waals surface area contributed by atoms with Gasteiger partial charge in [-0.3, -0.25) is 0 Å². The van der Waals surface area contributed by atoms with E-state index in [1.807, 2.05) is 24.3 Å². The molecule has 0 radical (unpaired) electrons. The fourth-order valence-corrected chi connectivity index (χ4v) is 3.27. The monoisotopic (exact) mass is 414 g/mol. The lowest BCUT2D eigenvalue weighted by Gasteiger charge is -2.36. The van der Waals surface area contributed by atoms with Crippen molar-refractivity contribution < 1.29 is 23.1 Å². The second-order valence-corrected chi connectivity index (χ2v) is 13.1. The van der Waals surface area contributed by atoms with Crippen LogP contribution in [0.4, 0.5) is 0 Å². The molecule has 2 rings (SSSR count). The Morgan fingerprint density at radius 3 is 2.34 bits per heavy atom. The number of hydrogen-bond donors (Lipinski definition) is 0. The molecule has 0 saturated heterocycles. The molecule has 6 heteroatoms. The Morgan fingerprint density at radius 2 is 1.72 bits per heavy atom. The zero-order valence-electron chi connectivity index (χ0n) is 18.1. The summed E-state index contributed by atoms with van der Waals surface area (Å²) >= 11 is 0. The minimum absolute atomic E-state index is 0.137. The van der Waals surface area contributed by atoms with Gasteiger partial charge < -0.3 is 18.3 Å². The van der Waals surface area contributed by atoms with E-state index in [1.54, 1.807) is 6.07 Å². The molecule has 5 nitrogen and oxygen atoms in total. The van der Waals surface area contributed by atoms with Crippen molar-refractivity contribution in [2.45, 2.75) is 45.3 Å². The predicted molar refractivity (Wildman–Crippen MR) is 116 cm³/mol. The number of methoxy groups -OCH3 is 1. The molecule has 156 valence electrons. The van der Waals surface area contributed by atoms with E-state index in [0.29, 0.717) is 12.2 Å². The van der Waals surface area contributed by atoms with Crippen LogP contribution in [0.15, 0.2) is 41.0 Å². The molecular weight excluding hydrogens is 384 g/mol. The summed E-state index contributed by atoms with van der Waals surface area (Å²) in [5, 5.41) is 0.224. The van der Waals surface area contributed by atoms with Crippen molar-refractivity contribution in [3.63, 3.8) is 0 Å². The number of hydrogen-bond acceptors (Lipinski definition) is 5. The van der Waals surface area contributed by atoms with Crippen molar-refractivity contribution in [2.24, 2.45) is 0 Å². The Morgan fingerprint density at radius 1 is 1.07 bits per heavy atom. The van der Waals surface area contributed by atoms with Gasteiger partial charge in [-0.25, -0.2) is 4.79 Å². The lowest BCUT2D eigenvalue weighted by atomic mass is 10.2. The van der Waals surface area contributed by atoms with Crippen LogP contribution in [0, 0.1) is 11.8 Å². The molecule has 0 aliphatic carbocycles. The maximum Gasteiger partial charge on any atom is 0.373 e. The van der Waals surface area contributed by atoms with Gasteiger partial charge in [0.25, 0.3) is 0 Å². The number of benzene rings is 1. The van der Waals surface area contributed by atoms with Crippen LogP contribution >= 0.6 is 0 Å². The van der Waals surface area contributed by atoms with Gasteiger partial charge in [0.1, 0.15) is 12.0 Å². The molecule has 2 aromatic rings. The molecule has 0 atom stereocenters. The van der Waals surface area contributed by atoms with Crippen molar-refractivity contribution in [1.82, 2.24) is 0 Å². The fraction of sp³-hybridized carbons (Fsp3) is 0.435. The largest absolute Gasteiger partial charge is 0.494 e. The van der Waals surface area contributed by atoms with Crippen molar-refractivity contribution >= 4 is 14.3 Å². The Balaban J connectivity index is 1.79. The van der Waals surface area contributed by atoms with Crippen LogP contribution < -0.4 is 4.74 Å². The number of esters is 1. The molecule has 0 N–H and O–H groups in total. The summed E-state index contributed by atoms with van der Waals surface area (Å²) in [7, 11) is -0.382. The first kappa shape index (κ1) is 22.8. The second-order valence-electron chi connectivity index (χ2n) is 8.28. The first-order chi connectivity index (χ1) is 13.6. The second kappa shape index (κ2) is 9.81. The highest BCUT2D eigenvalue weighted by molar-refractivity contribution is 6.74. The minimum atomic E-state index is -1.69. The molecule has 29 heavy (non-hydrogen) atoms. The molecule has 0 fully saturated rings. The summed E-state index contributed by atoms with van der Waals surface area (Å²) in [4.78, 5) is 11.4. The first-order valence-electron chi connectivity index (χ1n) is 9.68. The molecule has 0 saturated carbocycles. The van der Waals surface area contributed by atoms with Crippen LogP contribution in [-0.2, 0) is 9.16 Å². The highest BCUT2D eigenvalue weighted by Crippen LogP contribution is 2.36. The molecule has 0 unspecified atom stereocenters. The Bertz CT molecular complexity index is 863. The van der Waals surface area contributed by atoms with Crippen molar-refractivity contribution in [2.75, 3.05) is 20.3 Å². The predicted octanol–water partition coefficient (Wildman–Crippen LogP) is 5.26. The molecular formula is C23H30O5Si. The molecule has 0 spiro atoms. The third-order valence-corrected chi connectivity index (χ3v) is 9.56. The van der Waals surface area contributed by atoms with E-state index in [9.17, 15) is 4.79 Å². The summed E-state index contributed by atoms with van der Waals surface area (Å²) in [6, 6.07) is 9.15. The quantitative estimate of drug-likeness (QED) is 0.268. The number of carbonyl (C=O) groups excluding carboxylic acids is 1. The SMILES string of the molecule is COC(=O)c1cc(C#Cc2ccc(OCCCO[Si](C)(C)C(C)(C)C)cc2)co1. The Labute approximate surface area is 174 Å². The molecule has 0 amide bonds. The lowest BCUT2D eigenvalue weighted by Crippen LogP contribution is -2.41. The third kappa shape index (κ3) is 6.81. The van der Waals surface area contributed by atoms with E-state index >= 15 is 0 Å². The van der Waals surface area contributed by atoms with Gasteiger partial charge in [0.05, 0.1) is 19.3 Å². The van der Waals surface area contributed by atoms with Gasteiger partial charge in [-0.1, -0.05) is 32.6 Å². The van der Waals surface area contributed by atoms with Crippen molar-refractivity contribution in [3.05, 3.63) is 53.5 Å². The lowest BCUT2D eigenvalue weighted by molar-refractivity contribution is 0.0565. The summed E-state index contributed by atoms with van der Waals surface area (Å²) in [5.74, 6) is 6.42. The normalized spacial score (nSPS) is 11.5. The standard InChI is InChI=1S/C23H30O5Si/c1-23(2,3)29(5,6)28-15-7-14-26-20-12-10-18(11-13-20)8-9-19-16-21(27-17-19)22(24)25-4/h10-13,16-17H,7,14-15H2,1-6H3. The maximum atomic E-state index is 11.4. The maximum absolute atomic E-state index is 11.4. The van der Waals surface area contributed by atoms with Gasteiger partial charge in [0, 0.05) is 24.7 Å². The Hall–Kier alpha value is -2.49. The molecule has 1 aromatic carbocycles. The summed E-state index contributed by atoms with van der Waals surface area (Å²) in [6.07, 6.45) is 2.29. The zero-order valence-corrected chi connectivity index (χ0v) is 19.1. The highest BCUT2D eigenvalue weighted by Gasteiger charge is 2.36. The Kier molecular flexibility index (Phi) is 7.71. The topological polar surface area (TPSA) is 57.9 Å². The zero-order chi connectivity index (χ0) is 21.5. The smallest absolute Gasteiger partial charge is 0.373 e. The third-order valence-electron chi connectivity index (χ3n) is 5.02. The van der Waals surface area contributed by atoms with E-state index in [1.165, 1.54) is 13.4 Å². The summed E-state index contributed by atoms with van der Waals surface area (Å²) in [5.41, 5.74) is 1.46. The molecule has 0 aliphatic heterocycles. The van der Waals surface area contributed by atoms with Crippen molar-refractivity contribution in [3.8, 4) is 17.6 Å². The van der Waals surface area contributed by atoms with E-state index in [4.69, 9.17) is 13.6 Å². The van der Waals surface area contributed by atoms with Gasteiger partial charge in [-0.2, -0.15) is 0 Å². The highest BCUT2D eigenvalue weighted by atomic mass is 28.4. The number of carbonyl (C=O) groups is 1. The van der Waals surface area contributed by atoms with Crippen LogP contribution in [0.3, 0.4) is 0 Å². The van der Waals surface area contributed by atoms with Crippen LogP contribution in [0.5, 0.6) is 5.75 Å².